The predicted octanol–water partition coefficient (Wildman–Crippen LogP) is 2.48. The summed E-state index contributed by atoms with van der Waals surface area (Å²) in [6.45, 7) is 5.20. The third kappa shape index (κ3) is 4.53. The summed E-state index contributed by atoms with van der Waals surface area (Å²) in [6, 6.07) is 2.70. The Hall–Kier alpha value is -1.16. The maximum atomic E-state index is 12.9. The summed E-state index contributed by atoms with van der Waals surface area (Å²) in [4.78, 5) is 14.9. The lowest BCUT2D eigenvalue weighted by molar-refractivity contribution is -0.143. The van der Waals surface area contributed by atoms with Gasteiger partial charge in [-0.15, -0.1) is 0 Å². The average Bonchev–Trinajstić information content (AvgIpc) is 3.51. The number of carbonyl (C=O) groups excluding carboxylic acids is 1. The smallest absolute Gasteiger partial charge is 0.248 e. The van der Waals surface area contributed by atoms with Crippen LogP contribution in [0, 0.1) is 28.6 Å². The number of nitriles is 1. The van der Waals surface area contributed by atoms with Crippen LogP contribution in [0.3, 0.4) is 0 Å². The molecule has 3 aliphatic heterocycles. The van der Waals surface area contributed by atoms with Gasteiger partial charge in [0, 0.05) is 19.1 Å². The first-order chi connectivity index (χ1) is 13.6. The fourth-order valence-electron chi connectivity index (χ4n) is 5.23. The average molecular weight is 390 g/mol. The van der Waals surface area contributed by atoms with Gasteiger partial charge in [-0.25, -0.2) is 0 Å². The maximum absolute atomic E-state index is 12.9. The number of nitrogens with zero attached hydrogens (tertiary/aromatic N) is 2. The lowest BCUT2D eigenvalue weighted by atomic mass is 9.80. The summed E-state index contributed by atoms with van der Waals surface area (Å²) < 4.78 is 12.2. The summed E-state index contributed by atoms with van der Waals surface area (Å²) in [6.07, 6.45) is 8.94. The first-order valence-electron chi connectivity index (χ1n) is 11.2. The van der Waals surface area contributed by atoms with Crippen LogP contribution in [-0.2, 0) is 14.3 Å². The van der Waals surface area contributed by atoms with E-state index in [1.807, 2.05) is 4.90 Å². The fourth-order valence-corrected chi connectivity index (χ4v) is 5.23. The van der Waals surface area contributed by atoms with Crippen molar-refractivity contribution in [2.75, 3.05) is 32.9 Å². The second-order valence-corrected chi connectivity index (χ2v) is 9.54. The van der Waals surface area contributed by atoms with E-state index in [1.54, 1.807) is 0 Å². The first-order valence-corrected chi connectivity index (χ1v) is 11.2. The molecule has 1 amide bonds. The zero-order valence-corrected chi connectivity index (χ0v) is 17.2. The SMILES string of the molecule is CC1COCC(=O)N2CCC[C@H](NCC3(C#N)CC3)[C@@H]2COC2CCC1CC2. The highest BCUT2D eigenvalue weighted by Gasteiger charge is 2.44. The summed E-state index contributed by atoms with van der Waals surface area (Å²) >= 11 is 0. The molecule has 2 aliphatic carbocycles. The number of hydrogen-bond donors (Lipinski definition) is 1. The number of amides is 1. The molecule has 6 heteroatoms. The van der Waals surface area contributed by atoms with Gasteiger partial charge < -0.3 is 19.7 Å². The Morgan fingerprint density at radius 2 is 2.00 bits per heavy atom. The van der Waals surface area contributed by atoms with Gasteiger partial charge in [0.15, 0.2) is 0 Å². The van der Waals surface area contributed by atoms with E-state index in [4.69, 9.17) is 9.47 Å². The third-order valence-corrected chi connectivity index (χ3v) is 7.53. The van der Waals surface area contributed by atoms with E-state index in [0.717, 1.165) is 51.6 Å². The van der Waals surface area contributed by atoms with Gasteiger partial charge in [0.25, 0.3) is 0 Å². The molecule has 1 N–H and O–H groups in total. The van der Waals surface area contributed by atoms with E-state index in [0.29, 0.717) is 31.2 Å². The fraction of sp³-hybridized carbons (Fsp3) is 0.909. The van der Waals surface area contributed by atoms with Crippen LogP contribution >= 0.6 is 0 Å². The standard InChI is InChI=1S/C22H35N3O3/c1-16-11-27-13-21(26)25-10-2-3-19(24-15-22(14-23)8-9-22)20(25)12-28-18-6-4-17(16)5-7-18/h16-20,24H,2-13,15H2,1H3/t16?,17?,18?,19-,20-/m0/s1. The van der Waals surface area contributed by atoms with Crippen molar-refractivity contribution in [3.63, 3.8) is 0 Å². The molecule has 0 aromatic carbocycles. The van der Waals surface area contributed by atoms with E-state index in [-0.39, 0.29) is 30.0 Å². The van der Waals surface area contributed by atoms with Crippen LogP contribution in [0.15, 0.2) is 0 Å². The molecule has 156 valence electrons. The van der Waals surface area contributed by atoms with Crippen molar-refractivity contribution in [2.24, 2.45) is 17.3 Å². The van der Waals surface area contributed by atoms with Crippen LogP contribution in [0.2, 0.25) is 0 Å². The van der Waals surface area contributed by atoms with Gasteiger partial charge >= 0.3 is 0 Å². The zero-order valence-electron chi connectivity index (χ0n) is 17.2. The highest BCUT2D eigenvalue weighted by molar-refractivity contribution is 5.78. The van der Waals surface area contributed by atoms with Crippen LogP contribution in [0.25, 0.3) is 0 Å². The van der Waals surface area contributed by atoms with E-state index < -0.39 is 0 Å². The molecule has 5 aliphatic rings. The second-order valence-electron chi connectivity index (χ2n) is 9.54. The molecular weight excluding hydrogens is 354 g/mol. The quantitative estimate of drug-likeness (QED) is 0.803. The molecule has 3 atom stereocenters. The predicted molar refractivity (Wildman–Crippen MR) is 105 cm³/mol. The molecule has 5 rings (SSSR count). The maximum Gasteiger partial charge on any atom is 0.248 e. The third-order valence-electron chi connectivity index (χ3n) is 7.53. The lowest BCUT2D eigenvalue weighted by Gasteiger charge is -2.42. The van der Waals surface area contributed by atoms with E-state index >= 15 is 0 Å². The van der Waals surface area contributed by atoms with Crippen molar-refractivity contribution < 1.29 is 14.3 Å². The normalized spacial score (nSPS) is 38.5. The number of fused-ring (bicyclic) bond motifs is 7. The van der Waals surface area contributed by atoms with E-state index in [1.165, 1.54) is 12.8 Å². The molecule has 3 heterocycles. The molecule has 5 fully saturated rings. The Labute approximate surface area is 168 Å². The highest BCUT2D eigenvalue weighted by Crippen LogP contribution is 2.44. The molecule has 6 nitrogen and oxygen atoms in total. The van der Waals surface area contributed by atoms with Crippen molar-refractivity contribution in [3.05, 3.63) is 0 Å². The van der Waals surface area contributed by atoms with Gasteiger partial charge in [0.05, 0.1) is 36.8 Å². The minimum atomic E-state index is -0.173. The van der Waals surface area contributed by atoms with Crippen LogP contribution < -0.4 is 5.32 Å². The molecule has 1 unspecified atom stereocenters. The number of ether oxygens (including phenoxy) is 2. The Kier molecular flexibility index (Phi) is 6.24. The minimum Gasteiger partial charge on any atom is -0.376 e. The van der Waals surface area contributed by atoms with Gasteiger partial charge in [-0.2, -0.15) is 5.26 Å². The number of piperidine rings is 1. The molecule has 3 saturated heterocycles. The second kappa shape index (κ2) is 8.69. The Balaban J connectivity index is 1.45. The molecule has 28 heavy (non-hydrogen) atoms. The molecule has 2 saturated carbocycles. The highest BCUT2D eigenvalue weighted by atomic mass is 16.5. The zero-order chi connectivity index (χ0) is 19.6. The number of nitrogens with one attached hydrogen (secondary N) is 1. The number of hydrogen-bond acceptors (Lipinski definition) is 5. The van der Waals surface area contributed by atoms with Crippen LogP contribution in [0.4, 0.5) is 0 Å². The Morgan fingerprint density at radius 1 is 1.21 bits per heavy atom. The lowest BCUT2D eigenvalue weighted by Crippen LogP contribution is -2.59. The molecular formula is C22H35N3O3. The van der Waals surface area contributed by atoms with Gasteiger partial charge in [-0.1, -0.05) is 6.92 Å². The molecule has 0 aromatic rings. The van der Waals surface area contributed by atoms with Gasteiger partial charge in [-0.3, -0.25) is 4.79 Å². The van der Waals surface area contributed by atoms with Crippen LogP contribution in [0.1, 0.15) is 58.3 Å². The molecule has 2 bridgehead atoms. The van der Waals surface area contributed by atoms with Gasteiger partial charge in [0.1, 0.15) is 6.61 Å². The van der Waals surface area contributed by atoms with E-state index in [2.05, 4.69) is 18.3 Å². The van der Waals surface area contributed by atoms with Gasteiger partial charge in [0.2, 0.25) is 5.91 Å². The van der Waals surface area contributed by atoms with Crippen molar-refractivity contribution >= 4 is 5.91 Å². The number of rotatable bonds is 3. The van der Waals surface area contributed by atoms with Crippen LogP contribution in [-0.4, -0.2) is 61.9 Å². The molecule has 0 spiro atoms. The monoisotopic (exact) mass is 389 g/mol. The summed E-state index contributed by atoms with van der Waals surface area (Å²) in [5.74, 6) is 1.27. The Morgan fingerprint density at radius 3 is 2.71 bits per heavy atom. The topological polar surface area (TPSA) is 74.6 Å². The van der Waals surface area contributed by atoms with Gasteiger partial charge in [-0.05, 0) is 63.2 Å². The van der Waals surface area contributed by atoms with Crippen molar-refractivity contribution in [3.8, 4) is 6.07 Å². The summed E-state index contributed by atoms with van der Waals surface area (Å²) in [5, 5.41) is 13.0. The largest absolute Gasteiger partial charge is 0.376 e. The van der Waals surface area contributed by atoms with Crippen molar-refractivity contribution in [1.82, 2.24) is 10.2 Å². The van der Waals surface area contributed by atoms with Crippen molar-refractivity contribution in [2.45, 2.75) is 76.5 Å². The molecule has 0 aromatic heterocycles. The van der Waals surface area contributed by atoms with Crippen LogP contribution in [0.5, 0.6) is 0 Å². The number of carbonyl (C=O) groups is 1. The summed E-state index contributed by atoms with van der Waals surface area (Å²) in [7, 11) is 0. The van der Waals surface area contributed by atoms with E-state index in [9.17, 15) is 10.1 Å². The first kappa shape index (κ1) is 20.1. The Bertz CT molecular complexity index is 592. The molecule has 0 radical (unpaired) electrons. The summed E-state index contributed by atoms with van der Waals surface area (Å²) in [5.41, 5.74) is -0.173. The minimum absolute atomic E-state index is 0.0373. The van der Waals surface area contributed by atoms with Crippen molar-refractivity contribution in [1.29, 1.82) is 5.26 Å².